The number of fused-ring (bicyclic) bond motifs is 1. The molecule has 2 aromatic rings. The molecule has 1 amide bonds. The minimum atomic E-state index is -1.53. The highest BCUT2D eigenvalue weighted by Crippen LogP contribution is 2.36. The summed E-state index contributed by atoms with van der Waals surface area (Å²) in [6.07, 6.45) is 3.31. The van der Waals surface area contributed by atoms with Crippen molar-refractivity contribution in [3.05, 3.63) is 48.3 Å². The number of ketones is 1. The Morgan fingerprint density at radius 3 is 2.68 bits per heavy atom. The van der Waals surface area contributed by atoms with Gasteiger partial charge in [-0.25, -0.2) is 0 Å². The molecular weight excluding hydrogens is 344 g/mol. The Morgan fingerprint density at radius 1 is 1.20 bits per heavy atom. The van der Waals surface area contributed by atoms with Crippen LogP contribution in [0.2, 0.25) is 0 Å². The highest BCUT2D eigenvalue weighted by molar-refractivity contribution is 8.14. The molecule has 0 radical (unpaired) electrons. The molecule has 1 aromatic carbocycles. The second-order valence-corrected chi connectivity index (χ2v) is 6.33. The molecular formula is C17H12N2O5S. The molecule has 2 N–H and O–H groups in total. The molecule has 3 rings (SSSR count). The maximum atomic E-state index is 12.5. The van der Waals surface area contributed by atoms with Gasteiger partial charge in [-0.3, -0.25) is 24.2 Å². The molecule has 25 heavy (non-hydrogen) atoms. The van der Waals surface area contributed by atoms with E-state index in [2.05, 4.69) is 10.3 Å². The Labute approximate surface area is 146 Å². The van der Waals surface area contributed by atoms with Gasteiger partial charge in [-0.2, -0.15) is 0 Å². The smallest absolute Gasteiger partial charge is 0.322 e. The van der Waals surface area contributed by atoms with E-state index < -0.39 is 35.2 Å². The summed E-state index contributed by atoms with van der Waals surface area (Å²) in [5, 5.41) is 10.1. The van der Waals surface area contributed by atoms with Crippen LogP contribution in [0.4, 0.5) is 0 Å². The number of rotatable bonds is 4. The molecule has 126 valence electrons. The Morgan fingerprint density at radius 2 is 2.00 bits per heavy atom. The molecule has 8 heteroatoms. The van der Waals surface area contributed by atoms with Crippen LogP contribution in [0, 0.1) is 5.92 Å². The molecule has 1 aliphatic rings. The maximum absolute atomic E-state index is 12.5. The summed E-state index contributed by atoms with van der Waals surface area (Å²) in [5.74, 6) is -4.30. The number of nitrogens with zero attached hydrogens (tertiary/aromatic N) is 1. The predicted molar refractivity (Wildman–Crippen MR) is 89.0 cm³/mol. The largest absolute Gasteiger partial charge is 0.480 e. The first kappa shape index (κ1) is 16.8. The fraction of sp³-hybridized carbons (Fsp3) is 0.118. The van der Waals surface area contributed by atoms with Gasteiger partial charge in [0.1, 0.15) is 6.54 Å². The van der Waals surface area contributed by atoms with Crippen molar-refractivity contribution < 1.29 is 24.3 Å². The maximum Gasteiger partial charge on any atom is 0.322 e. The zero-order chi connectivity index (χ0) is 18.0. The number of aliphatic carboxylic acids is 1. The standard InChI is InChI=1S/C17H12N2O5S/c20-13(21)8-19-16(23)14-15(22)11-4-3-9(6-12(11)25-17(14)24)10-2-1-5-18-7-10/h1-7,14H,8H2,(H,19,23)(H,20,21). The number of carbonyl (C=O) groups is 4. The number of pyridine rings is 1. The summed E-state index contributed by atoms with van der Waals surface area (Å²) in [5.41, 5.74) is 1.91. The first-order valence-corrected chi connectivity index (χ1v) is 8.09. The number of aromatic nitrogens is 1. The van der Waals surface area contributed by atoms with Gasteiger partial charge in [0.15, 0.2) is 11.7 Å². The van der Waals surface area contributed by atoms with Gasteiger partial charge < -0.3 is 10.4 Å². The third kappa shape index (κ3) is 3.43. The highest BCUT2D eigenvalue weighted by Gasteiger charge is 2.40. The molecule has 0 saturated carbocycles. The van der Waals surface area contributed by atoms with Crippen LogP contribution >= 0.6 is 11.8 Å². The average Bonchev–Trinajstić information content (AvgIpc) is 2.60. The second kappa shape index (κ2) is 6.86. The van der Waals surface area contributed by atoms with Crippen LogP contribution in [0.25, 0.3) is 11.1 Å². The zero-order valence-corrected chi connectivity index (χ0v) is 13.6. The van der Waals surface area contributed by atoms with E-state index in [0.717, 1.165) is 22.9 Å². The van der Waals surface area contributed by atoms with E-state index in [4.69, 9.17) is 5.11 Å². The van der Waals surface area contributed by atoms with E-state index in [0.29, 0.717) is 4.90 Å². The van der Waals surface area contributed by atoms with Gasteiger partial charge >= 0.3 is 5.97 Å². The summed E-state index contributed by atoms with van der Waals surface area (Å²) in [4.78, 5) is 51.7. The molecule has 1 aliphatic heterocycles. The van der Waals surface area contributed by atoms with Gasteiger partial charge in [0.05, 0.1) is 0 Å². The van der Waals surface area contributed by atoms with E-state index in [1.165, 1.54) is 0 Å². The van der Waals surface area contributed by atoms with Gasteiger partial charge in [-0.05, 0) is 35.5 Å². The summed E-state index contributed by atoms with van der Waals surface area (Å²) < 4.78 is 0. The lowest BCUT2D eigenvalue weighted by molar-refractivity contribution is -0.139. The summed E-state index contributed by atoms with van der Waals surface area (Å²) >= 11 is 0.807. The van der Waals surface area contributed by atoms with Gasteiger partial charge in [0.25, 0.3) is 0 Å². The van der Waals surface area contributed by atoms with E-state index in [9.17, 15) is 19.2 Å². The number of amides is 1. The summed E-state index contributed by atoms with van der Waals surface area (Å²) in [6.45, 7) is -0.645. The first-order valence-electron chi connectivity index (χ1n) is 7.27. The second-order valence-electron chi connectivity index (χ2n) is 5.28. The minimum absolute atomic E-state index is 0.271. The molecule has 0 spiro atoms. The molecule has 1 aromatic heterocycles. The van der Waals surface area contributed by atoms with Crippen LogP contribution in [-0.4, -0.2) is 39.4 Å². The Hall–Kier alpha value is -3.00. The zero-order valence-electron chi connectivity index (χ0n) is 12.8. The molecule has 0 fully saturated rings. The lowest BCUT2D eigenvalue weighted by Crippen LogP contribution is -2.42. The third-order valence-corrected chi connectivity index (χ3v) is 4.62. The van der Waals surface area contributed by atoms with Crippen molar-refractivity contribution in [2.24, 2.45) is 5.92 Å². The first-order chi connectivity index (χ1) is 12.0. The average molecular weight is 356 g/mol. The number of thioether (sulfide) groups is 1. The molecule has 1 unspecified atom stereocenters. The molecule has 0 aliphatic carbocycles. The number of Topliss-reactive ketones (excluding diaryl/α,β-unsaturated/α-hetero) is 1. The van der Waals surface area contributed by atoms with Gasteiger partial charge in [0.2, 0.25) is 11.0 Å². The molecule has 1 atom stereocenters. The van der Waals surface area contributed by atoms with Crippen molar-refractivity contribution in [1.29, 1.82) is 0 Å². The summed E-state index contributed by atoms with van der Waals surface area (Å²) in [7, 11) is 0. The van der Waals surface area contributed by atoms with Crippen LogP contribution in [0.15, 0.2) is 47.6 Å². The number of hydrogen-bond donors (Lipinski definition) is 2. The molecule has 2 heterocycles. The topological polar surface area (TPSA) is 113 Å². The number of carbonyl (C=O) groups excluding carboxylic acids is 3. The van der Waals surface area contributed by atoms with Gasteiger partial charge in [-0.15, -0.1) is 0 Å². The van der Waals surface area contributed by atoms with Crippen LogP contribution in [0.1, 0.15) is 10.4 Å². The Kier molecular flexibility index (Phi) is 4.62. The monoisotopic (exact) mass is 356 g/mol. The predicted octanol–water partition coefficient (Wildman–Crippen LogP) is 1.38. The van der Waals surface area contributed by atoms with Crippen molar-refractivity contribution in [2.45, 2.75) is 4.90 Å². The quantitative estimate of drug-likeness (QED) is 0.796. The lowest BCUT2D eigenvalue weighted by Gasteiger charge is -2.21. The summed E-state index contributed by atoms with van der Waals surface area (Å²) in [6, 6.07) is 8.63. The van der Waals surface area contributed by atoms with Crippen molar-refractivity contribution in [3.8, 4) is 11.1 Å². The lowest BCUT2D eigenvalue weighted by atomic mass is 9.95. The number of benzene rings is 1. The fourth-order valence-corrected chi connectivity index (χ4v) is 3.46. The Bertz CT molecular complexity index is 882. The number of nitrogens with one attached hydrogen (secondary N) is 1. The van der Waals surface area contributed by atoms with Crippen molar-refractivity contribution in [2.75, 3.05) is 6.54 Å². The van der Waals surface area contributed by atoms with Crippen molar-refractivity contribution in [3.63, 3.8) is 0 Å². The van der Waals surface area contributed by atoms with Gasteiger partial charge in [0, 0.05) is 28.4 Å². The highest BCUT2D eigenvalue weighted by atomic mass is 32.2. The number of carboxylic acid groups (broad SMARTS) is 1. The van der Waals surface area contributed by atoms with Crippen molar-refractivity contribution in [1.82, 2.24) is 10.3 Å². The minimum Gasteiger partial charge on any atom is -0.480 e. The van der Waals surface area contributed by atoms with E-state index >= 15 is 0 Å². The van der Waals surface area contributed by atoms with Crippen LogP contribution < -0.4 is 5.32 Å². The van der Waals surface area contributed by atoms with Gasteiger partial charge in [-0.1, -0.05) is 12.1 Å². The Balaban J connectivity index is 1.89. The SMILES string of the molecule is O=C(O)CNC(=O)C1C(=O)Sc2cc(-c3cccnc3)ccc2C1=O. The molecule has 0 bridgehead atoms. The van der Waals surface area contributed by atoms with E-state index in [1.807, 2.05) is 6.07 Å². The van der Waals surface area contributed by atoms with E-state index in [1.54, 1.807) is 36.7 Å². The molecule has 7 nitrogen and oxygen atoms in total. The van der Waals surface area contributed by atoms with Crippen LogP contribution in [0.5, 0.6) is 0 Å². The van der Waals surface area contributed by atoms with Crippen LogP contribution in [-0.2, 0) is 14.4 Å². The van der Waals surface area contributed by atoms with E-state index in [-0.39, 0.29) is 5.56 Å². The number of hydrogen-bond acceptors (Lipinski definition) is 6. The molecule has 0 saturated heterocycles. The normalized spacial score (nSPS) is 16.2. The number of carboxylic acids is 1. The third-order valence-electron chi connectivity index (χ3n) is 3.63. The van der Waals surface area contributed by atoms with Crippen LogP contribution in [0.3, 0.4) is 0 Å². The van der Waals surface area contributed by atoms with Crippen molar-refractivity contribution >= 4 is 34.5 Å². The fourth-order valence-electron chi connectivity index (χ4n) is 2.44.